The standard InChI is InChI=1S/C17H32N2O4/c1-16(2,3)14(20)22-11-10-19-9-7-8-13(12-19)18-15(21)23-17(4,5)6/h13H,7-12H2,1-6H3,(H,18,21)/t13-/m1/s1. The Morgan fingerprint density at radius 1 is 1.17 bits per heavy atom. The highest BCUT2D eigenvalue weighted by Crippen LogP contribution is 2.16. The molecule has 1 amide bonds. The molecule has 0 saturated carbocycles. The van der Waals surface area contributed by atoms with Gasteiger partial charge in [-0.05, 0) is 60.9 Å². The molecule has 1 aliphatic rings. The van der Waals surface area contributed by atoms with Crippen LogP contribution in [-0.2, 0) is 14.3 Å². The van der Waals surface area contributed by atoms with Gasteiger partial charge in [0.2, 0.25) is 0 Å². The molecule has 23 heavy (non-hydrogen) atoms. The molecule has 1 rings (SSSR count). The Morgan fingerprint density at radius 2 is 1.83 bits per heavy atom. The summed E-state index contributed by atoms with van der Waals surface area (Å²) in [5.74, 6) is -0.182. The fourth-order valence-corrected chi connectivity index (χ4v) is 2.33. The van der Waals surface area contributed by atoms with Gasteiger partial charge in [-0.25, -0.2) is 4.79 Å². The van der Waals surface area contributed by atoms with E-state index in [4.69, 9.17) is 9.47 Å². The van der Waals surface area contributed by atoms with Crippen molar-refractivity contribution < 1.29 is 19.1 Å². The van der Waals surface area contributed by atoms with E-state index in [0.717, 1.165) is 25.9 Å². The number of piperidine rings is 1. The van der Waals surface area contributed by atoms with Crippen LogP contribution in [0.2, 0.25) is 0 Å². The van der Waals surface area contributed by atoms with Crippen LogP contribution in [0.25, 0.3) is 0 Å². The van der Waals surface area contributed by atoms with Crippen LogP contribution in [0.15, 0.2) is 0 Å². The van der Waals surface area contributed by atoms with Crippen LogP contribution in [0, 0.1) is 5.41 Å². The maximum Gasteiger partial charge on any atom is 0.407 e. The van der Waals surface area contributed by atoms with Gasteiger partial charge in [0.25, 0.3) is 0 Å². The fourth-order valence-electron chi connectivity index (χ4n) is 2.33. The van der Waals surface area contributed by atoms with Gasteiger partial charge >= 0.3 is 12.1 Å². The van der Waals surface area contributed by atoms with E-state index in [1.165, 1.54) is 0 Å². The molecule has 1 atom stereocenters. The zero-order valence-electron chi connectivity index (χ0n) is 15.4. The average Bonchev–Trinajstić information content (AvgIpc) is 2.35. The van der Waals surface area contributed by atoms with E-state index >= 15 is 0 Å². The molecule has 6 nitrogen and oxygen atoms in total. The molecule has 1 N–H and O–H groups in total. The van der Waals surface area contributed by atoms with Gasteiger partial charge in [0, 0.05) is 19.1 Å². The van der Waals surface area contributed by atoms with Gasteiger partial charge in [0.05, 0.1) is 5.41 Å². The molecule has 1 heterocycles. The summed E-state index contributed by atoms with van der Waals surface area (Å²) in [7, 11) is 0. The Hall–Kier alpha value is -1.30. The van der Waals surface area contributed by atoms with Crippen molar-refractivity contribution in [1.82, 2.24) is 10.2 Å². The van der Waals surface area contributed by atoms with Crippen molar-refractivity contribution in [3.05, 3.63) is 0 Å². The van der Waals surface area contributed by atoms with E-state index in [-0.39, 0.29) is 18.1 Å². The molecule has 0 unspecified atom stereocenters. The van der Waals surface area contributed by atoms with Crippen LogP contribution in [-0.4, -0.2) is 54.8 Å². The zero-order chi connectivity index (χ0) is 17.7. The van der Waals surface area contributed by atoms with Crippen LogP contribution in [0.5, 0.6) is 0 Å². The van der Waals surface area contributed by atoms with E-state index < -0.39 is 11.0 Å². The van der Waals surface area contributed by atoms with Crippen molar-refractivity contribution in [1.29, 1.82) is 0 Å². The second-order valence-electron chi connectivity index (χ2n) is 8.17. The molecule has 0 spiro atoms. The van der Waals surface area contributed by atoms with Crippen molar-refractivity contribution >= 4 is 12.1 Å². The number of hydrogen-bond donors (Lipinski definition) is 1. The summed E-state index contributed by atoms with van der Waals surface area (Å²) < 4.78 is 10.6. The zero-order valence-corrected chi connectivity index (χ0v) is 15.4. The minimum absolute atomic E-state index is 0.0805. The average molecular weight is 328 g/mol. The number of likely N-dealkylation sites (tertiary alicyclic amines) is 1. The number of carbonyl (C=O) groups is 2. The van der Waals surface area contributed by atoms with Crippen molar-refractivity contribution in [2.24, 2.45) is 5.41 Å². The van der Waals surface area contributed by atoms with Gasteiger partial charge in [0.1, 0.15) is 12.2 Å². The van der Waals surface area contributed by atoms with Crippen LogP contribution in [0.1, 0.15) is 54.4 Å². The Bertz CT molecular complexity index is 410. The second kappa shape index (κ2) is 7.99. The van der Waals surface area contributed by atoms with Crippen LogP contribution in [0.4, 0.5) is 4.79 Å². The Balaban J connectivity index is 2.32. The maximum absolute atomic E-state index is 11.8. The van der Waals surface area contributed by atoms with Gasteiger partial charge in [-0.15, -0.1) is 0 Å². The Morgan fingerprint density at radius 3 is 2.39 bits per heavy atom. The predicted molar refractivity (Wildman–Crippen MR) is 89.2 cm³/mol. The molecule has 134 valence electrons. The molecule has 0 aromatic carbocycles. The third kappa shape index (κ3) is 8.21. The number of hydrogen-bond acceptors (Lipinski definition) is 5. The lowest BCUT2D eigenvalue weighted by molar-refractivity contribution is -0.153. The third-order valence-electron chi connectivity index (χ3n) is 3.48. The van der Waals surface area contributed by atoms with Crippen molar-refractivity contribution in [2.45, 2.75) is 66.0 Å². The largest absolute Gasteiger partial charge is 0.464 e. The summed E-state index contributed by atoms with van der Waals surface area (Å²) in [4.78, 5) is 25.8. The summed E-state index contributed by atoms with van der Waals surface area (Å²) >= 11 is 0. The summed E-state index contributed by atoms with van der Waals surface area (Å²) in [6.07, 6.45) is 1.58. The first-order chi connectivity index (χ1) is 10.5. The van der Waals surface area contributed by atoms with Crippen molar-refractivity contribution in [3.8, 4) is 0 Å². The second-order valence-corrected chi connectivity index (χ2v) is 8.17. The van der Waals surface area contributed by atoms with Crippen LogP contribution >= 0.6 is 0 Å². The highest BCUT2D eigenvalue weighted by atomic mass is 16.6. The Kier molecular flexibility index (Phi) is 6.86. The molecular formula is C17H32N2O4. The monoisotopic (exact) mass is 328 g/mol. The maximum atomic E-state index is 11.8. The molecule has 1 fully saturated rings. The van der Waals surface area contributed by atoms with E-state index in [1.54, 1.807) is 0 Å². The van der Waals surface area contributed by atoms with E-state index in [9.17, 15) is 9.59 Å². The number of nitrogens with zero attached hydrogens (tertiary/aromatic N) is 1. The summed E-state index contributed by atoms with van der Waals surface area (Å²) in [6.45, 7) is 13.9. The van der Waals surface area contributed by atoms with E-state index in [1.807, 2.05) is 41.5 Å². The van der Waals surface area contributed by atoms with E-state index in [2.05, 4.69) is 10.2 Å². The molecule has 0 aliphatic carbocycles. The first-order valence-electron chi connectivity index (χ1n) is 8.36. The lowest BCUT2D eigenvalue weighted by Crippen LogP contribution is -2.49. The number of ether oxygens (including phenoxy) is 2. The number of esters is 1. The molecule has 1 saturated heterocycles. The molecule has 0 aromatic rings. The molecule has 0 radical (unpaired) electrons. The van der Waals surface area contributed by atoms with Crippen LogP contribution < -0.4 is 5.32 Å². The number of alkyl carbamates (subject to hydrolysis) is 1. The summed E-state index contributed by atoms with van der Waals surface area (Å²) in [6, 6.07) is 0.0805. The normalized spacial score (nSPS) is 20.0. The highest BCUT2D eigenvalue weighted by Gasteiger charge is 2.25. The smallest absolute Gasteiger partial charge is 0.407 e. The van der Waals surface area contributed by atoms with Crippen molar-refractivity contribution in [2.75, 3.05) is 26.2 Å². The van der Waals surface area contributed by atoms with Crippen LogP contribution in [0.3, 0.4) is 0 Å². The minimum Gasteiger partial charge on any atom is -0.464 e. The van der Waals surface area contributed by atoms with Gasteiger partial charge in [0.15, 0.2) is 0 Å². The molecule has 0 bridgehead atoms. The lowest BCUT2D eigenvalue weighted by Gasteiger charge is -2.33. The minimum atomic E-state index is -0.487. The van der Waals surface area contributed by atoms with Gasteiger partial charge in [-0.2, -0.15) is 0 Å². The fraction of sp³-hybridized carbons (Fsp3) is 0.882. The molecule has 0 aromatic heterocycles. The molecule has 1 aliphatic heterocycles. The van der Waals surface area contributed by atoms with E-state index in [0.29, 0.717) is 13.2 Å². The highest BCUT2D eigenvalue weighted by molar-refractivity contribution is 5.75. The van der Waals surface area contributed by atoms with Gasteiger partial charge < -0.3 is 14.8 Å². The first-order valence-corrected chi connectivity index (χ1v) is 8.36. The number of amides is 1. The first kappa shape index (κ1) is 19.7. The number of nitrogens with one attached hydrogen (secondary N) is 1. The SMILES string of the molecule is CC(C)(C)OC(=O)N[C@@H]1CCCN(CCOC(=O)C(C)(C)C)C1. The van der Waals surface area contributed by atoms with Gasteiger partial charge in [-0.3, -0.25) is 9.69 Å². The number of rotatable bonds is 4. The summed E-state index contributed by atoms with van der Waals surface area (Å²) in [5.41, 5.74) is -0.956. The van der Waals surface area contributed by atoms with Gasteiger partial charge in [-0.1, -0.05) is 0 Å². The molecule has 6 heteroatoms. The topological polar surface area (TPSA) is 67.9 Å². The summed E-state index contributed by atoms with van der Waals surface area (Å²) in [5, 5.41) is 2.92. The quantitative estimate of drug-likeness (QED) is 0.803. The third-order valence-corrected chi connectivity index (χ3v) is 3.48. The predicted octanol–water partition coefficient (Wildman–Crippen LogP) is 2.56. The number of carbonyl (C=O) groups excluding carboxylic acids is 2. The van der Waals surface area contributed by atoms with Crippen molar-refractivity contribution in [3.63, 3.8) is 0 Å². The molecular weight excluding hydrogens is 296 g/mol. The lowest BCUT2D eigenvalue weighted by atomic mass is 9.97. The Labute approximate surface area is 139 Å².